The zero-order valence-corrected chi connectivity index (χ0v) is 15.2. The van der Waals surface area contributed by atoms with Crippen LogP contribution in [0.4, 0.5) is 5.69 Å². The van der Waals surface area contributed by atoms with Crippen LogP contribution in [-0.2, 0) is 17.8 Å². The summed E-state index contributed by atoms with van der Waals surface area (Å²) in [6.07, 6.45) is 2.61. The van der Waals surface area contributed by atoms with E-state index in [2.05, 4.69) is 44.7 Å². The molecule has 0 fully saturated rings. The van der Waals surface area contributed by atoms with E-state index in [0.29, 0.717) is 12.3 Å². The van der Waals surface area contributed by atoms with Gasteiger partial charge >= 0.3 is 0 Å². The topological polar surface area (TPSA) is 59.8 Å². The number of rotatable bonds is 7. The molecule has 5 nitrogen and oxygen atoms in total. The summed E-state index contributed by atoms with van der Waals surface area (Å²) in [7, 11) is 0. The Hall–Kier alpha value is -1.35. The molecule has 0 bridgehead atoms. The summed E-state index contributed by atoms with van der Waals surface area (Å²) in [6, 6.07) is 7.69. The van der Waals surface area contributed by atoms with E-state index < -0.39 is 0 Å². The van der Waals surface area contributed by atoms with Crippen LogP contribution in [-0.4, -0.2) is 26.4 Å². The van der Waals surface area contributed by atoms with Crippen molar-refractivity contribution in [3.05, 3.63) is 46.3 Å². The second-order valence-electron chi connectivity index (χ2n) is 4.50. The van der Waals surface area contributed by atoms with Gasteiger partial charge in [-0.1, -0.05) is 24.8 Å². The van der Waals surface area contributed by atoms with Crippen LogP contribution in [0.3, 0.4) is 0 Å². The van der Waals surface area contributed by atoms with Crippen molar-refractivity contribution < 1.29 is 4.79 Å². The Labute approximate surface area is 147 Å². The predicted molar refractivity (Wildman–Crippen MR) is 98.1 cm³/mol. The number of amides is 1. The highest BCUT2D eigenvalue weighted by Gasteiger charge is 2.12. The molecule has 0 aliphatic rings. The Morgan fingerprint density at radius 3 is 2.77 bits per heavy atom. The van der Waals surface area contributed by atoms with Crippen LogP contribution < -0.4 is 5.32 Å². The number of carbonyl (C=O) groups is 1. The molecule has 0 spiro atoms. The fraction of sp³-hybridized carbons (Fsp3) is 0.267. The van der Waals surface area contributed by atoms with Gasteiger partial charge in [-0.25, -0.2) is 0 Å². The Morgan fingerprint density at radius 1 is 1.41 bits per heavy atom. The van der Waals surface area contributed by atoms with Gasteiger partial charge in [0.2, 0.25) is 5.91 Å². The molecule has 0 radical (unpaired) electrons. The minimum atomic E-state index is -0.0580. The lowest BCUT2D eigenvalue weighted by Gasteiger charge is -2.07. The average molecular weight is 428 g/mol. The van der Waals surface area contributed by atoms with E-state index in [1.807, 2.05) is 35.8 Å². The maximum Gasteiger partial charge on any atom is 0.234 e. The van der Waals surface area contributed by atoms with E-state index in [4.69, 9.17) is 0 Å². The van der Waals surface area contributed by atoms with Crippen LogP contribution in [0.1, 0.15) is 12.7 Å². The maximum atomic E-state index is 12.0. The number of carbonyl (C=O) groups excluding carboxylic acids is 1. The highest BCUT2D eigenvalue weighted by atomic mass is 127. The molecule has 1 aromatic heterocycles. The number of hydrogen-bond donors (Lipinski definition) is 1. The molecule has 1 amide bonds. The molecule has 0 aliphatic heterocycles. The third kappa shape index (κ3) is 4.57. The minimum absolute atomic E-state index is 0.0580. The number of allylic oxidation sites excluding steroid dienone is 1. The van der Waals surface area contributed by atoms with Crippen LogP contribution in [0.25, 0.3) is 0 Å². The van der Waals surface area contributed by atoms with E-state index in [1.54, 1.807) is 6.08 Å². The first-order chi connectivity index (χ1) is 10.6. The van der Waals surface area contributed by atoms with Gasteiger partial charge in [-0.2, -0.15) is 0 Å². The van der Waals surface area contributed by atoms with E-state index in [0.717, 1.165) is 26.7 Å². The second kappa shape index (κ2) is 8.33. The number of anilines is 1. The van der Waals surface area contributed by atoms with Crippen molar-refractivity contribution in [1.29, 1.82) is 0 Å². The van der Waals surface area contributed by atoms with Crippen molar-refractivity contribution in [1.82, 2.24) is 14.8 Å². The number of nitrogens with zero attached hydrogens (tertiary/aromatic N) is 3. The Kier molecular flexibility index (Phi) is 6.44. The normalized spacial score (nSPS) is 10.5. The molecule has 0 atom stereocenters. The molecular formula is C15H17IN4OS. The Morgan fingerprint density at radius 2 is 2.14 bits per heavy atom. The molecule has 116 valence electrons. The molecule has 2 rings (SSSR count). The van der Waals surface area contributed by atoms with Gasteiger partial charge in [0.05, 0.1) is 5.75 Å². The zero-order valence-electron chi connectivity index (χ0n) is 12.3. The van der Waals surface area contributed by atoms with Crippen molar-refractivity contribution in [3.63, 3.8) is 0 Å². The molecule has 1 N–H and O–H groups in total. The van der Waals surface area contributed by atoms with Gasteiger partial charge in [0, 0.05) is 22.2 Å². The molecule has 7 heteroatoms. The van der Waals surface area contributed by atoms with Crippen molar-refractivity contribution in [3.8, 4) is 0 Å². The van der Waals surface area contributed by atoms with Gasteiger partial charge in [0.1, 0.15) is 5.82 Å². The molecule has 1 heterocycles. The Balaban J connectivity index is 1.94. The molecule has 0 unspecified atom stereocenters. The zero-order chi connectivity index (χ0) is 15.9. The van der Waals surface area contributed by atoms with Crippen molar-refractivity contribution in [2.24, 2.45) is 0 Å². The first-order valence-electron chi connectivity index (χ1n) is 6.85. The quantitative estimate of drug-likeness (QED) is 0.418. The number of halogens is 1. The first-order valence-corrected chi connectivity index (χ1v) is 8.91. The molecule has 22 heavy (non-hydrogen) atoms. The maximum absolute atomic E-state index is 12.0. The predicted octanol–water partition coefficient (Wildman–Crippen LogP) is 3.36. The van der Waals surface area contributed by atoms with Gasteiger partial charge in [0.15, 0.2) is 5.16 Å². The Bertz CT molecular complexity index is 654. The summed E-state index contributed by atoms with van der Waals surface area (Å²) in [5.74, 6) is 1.14. The number of aromatic nitrogens is 3. The molecule has 0 aliphatic carbocycles. The number of hydrogen-bond acceptors (Lipinski definition) is 4. The second-order valence-corrected chi connectivity index (χ2v) is 6.68. The van der Waals surface area contributed by atoms with Gasteiger partial charge in [-0.3, -0.25) is 4.79 Å². The van der Waals surface area contributed by atoms with E-state index in [-0.39, 0.29) is 5.91 Å². The summed E-state index contributed by atoms with van der Waals surface area (Å²) >= 11 is 3.61. The third-order valence-electron chi connectivity index (χ3n) is 2.88. The highest BCUT2D eigenvalue weighted by molar-refractivity contribution is 14.1. The van der Waals surface area contributed by atoms with E-state index >= 15 is 0 Å². The van der Waals surface area contributed by atoms with E-state index in [9.17, 15) is 4.79 Å². The molecule has 0 saturated heterocycles. The van der Waals surface area contributed by atoms with Crippen LogP contribution in [0.15, 0.2) is 42.1 Å². The van der Waals surface area contributed by atoms with Crippen molar-refractivity contribution in [2.45, 2.75) is 25.0 Å². The van der Waals surface area contributed by atoms with Crippen LogP contribution in [0.5, 0.6) is 0 Å². The monoisotopic (exact) mass is 428 g/mol. The first kappa shape index (κ1) is 17.0. The number of benzene rings is 1. The van der Waals surface area contributed by atoms with E-state index in [1.165, 1.54) is 11.8 Å². The summed E-state index contributed by atoms with van der Waals surface area (Å²) in [5, 5.41) is 11.9. The molecule has 2 aromatic rings. The lowest BCUT2D eigenvalue weighted by Crippen LogP contribution is -2.14. The third-order valence-corrected chi connectivity index (χ3v) is 4.57. The van der Waals surface area contributed by atoms with Crippen LogP contribution in [0.2, 0.25) is 0 Å². The van der Waals surface area contributed by atoms with Gasteiger partial charge in [-0.15, -0.1) is 16.8 Å². The standard InChI is InChI=1S/C15H17IN4OS/c1-3-9-20-13(4-2)18-19-15(20)22-10-14(21)17-12-7-5-11(16)6-8-12/h3,5-8H,1,4,9-10H2,2H3,(H,17,21). The van der Waals surface area contributed by atoms with Crippen molar-refractivity contribution in [2.75, 3.05) is 11.1 Å². The molecular weight excluding hydrogens is 411 g/mol. The number of nitrogens with one attached hydrogen (secondary N) is 1. The summed E-state index contributed by atoms with van der Waals surface area (Å²) in [6.45, 7) is 6.42. The lowest BCUT2D eigenvalue weighted by atomic mass is 10.3. The van der Waals surface area contributed by atoms with Crippen LogP contribution >= 0.6 is 34.4 Å². The SMILES string of the molecule is C=CCn1c(CC)nnc1SCC(=O)Nc1ccc(I)cc1. The molecule has 0 saturated carbocycles. The minimum Gasteiger partial charge on any atom is -0.325 e. The smallest absolute Gasteiger partial charge is 0.234 e. The average Bonchev–Trinajstić information content (AvgIpc) is 2.90. The van der Waals surface area contributed by atoms with Crippen LogP contribution in [0, 0.1) is 3.57 Å². The summed E-state index contributed by atoms with van der Waals surface area (Å²) in [5.41, 5.74) is 0.799. The highest BCUT2D eigenvalue weighted by Crippen LogP contribution is 2.18. The lowest BCUT2D eigenvalue weighted by molar-refractivity contribution is -0.113. The van der Waals surface area contributed by atoms with Crippen molar-refractivity contribution >= 4 is 45.9 Å². The summed E-state index contributed by atoms with van der Waals surface area (Å²) < 4.78 is 3.12. The fourth-order valence-corrected chi connectivity index (χ4v) is 2.99. The van der Waals surface area contributed by atoms with Gasteiger partial charge < -0.3 is 9.88 Å². The number of aryl methyl sites for hydroxylation is 1. The van der Waals surface area contributed by atoms with Gasteiger partial charge in [-0.05, 0) is 46.9 Å². The molecule has 1 aromatic carbocycles. The largest absolute Gasteiger partial charge is 0.325 e. The van der Waals surface area contributed by atoms with Gasteiger partial charge in [0.25, 0.3) is 0 Å². The fourth-order valence-electron chi connectivity index (χ4n) is 1.86. The number of thioether (sulfide) groups is 1. The summed E-state index contributed by atoms with van der Waals surface area (Å²) in [4.78, 5) is 12.0.